The molecule has 1 N–H and O–H groups in total. The Morgan fingerprint density at radius 3 is 2.00 bits per heavy atom. The third-order valence-electron chi connectivity index (χ3n) is 0.287. The molecule has 0 rings (SSSR count). The molecule has 32 valence electrons. The van der Waals surface area contributed by atoms with Crippen LogP contribution in [0.3, 0.4) is 0 Å². The molecule has 0 spiro atoms. The van der Waals surface area contributed by atoms with E-state index in [9.17, 15) is 0 Å². The van der Waals surface area contributed by atoms with Crippen LogP contribution in [0.2, 0.25) is 0 Å². The maximum absolute atomic E-state index is 4.70. The van der Waals surface area contributed by atoms with E-state index in [1.54, 1.807) is 0 Å². The van der Waals surface area contributed by atoms with Gasteiger partial charge in [0.25, 0.3) is 0 Å². The average Bonchev–Trinajstić information content (AvgIpc) is 1.38. The lowest BCUT2D eigenvalue weighted by Gasteiger charge is -1.84. The van der Waals surface area contributed by atoms with Crippen LogP contribution in [-0.2, 0) is 20.8 Å². The van der Waals surface area contributed by atoms with Crippen molar-refractivity contribution >= 4 is 20.8 Å². The molecule has 0 aromatic carbocycles. The Morgan fingerprint density at radius 1 is 1.80 bits per heavy atom. The van der Waals surface area contributed by atoms with Gasteiger partial charge in [-0.05, 0) is 24.5 Å². The third-order valence-corrected chi connectivity index (χ3v) is 1.36. The molecule has 0 aliphatic heterocycles. The Morgan fingerprint density at radius 2 is 2.00 bits per heavy atom. The minimum absolute atomic E-state index is 0.0108. The van der Waals surface area contributed by atoms with E-state index in [4.69, 9.17) is 11.2 Å². The molecule has 0 radical (unpaired) electrons. The number of hydrogen-bond acceptors (Lipinski definition) is 1. The summed E-state index contributed by atoms with van der Waals surface area (Å²) in [7, 11) is 1.87. The summed E-state index contributed by atoms with van der Waals surface area (Å²) in [6.07, 6.45) is 1.95. The predicted molar refractivity (Wildman–Crippen MR) is 29.7 cm³/mol. The van der Waals surface area contributed by atoms with Gasteiger partial charge in [-0.15, -0.1) is 0 Å². The van der Waals surface area contributed by atoms with Crippen LogP contribution in [0.5, 0.6) is 0 Å². The van der Waals surface area contributed by atoms with Crippen LogP contribution < -0.4 is 4.72 Å². The Balaban J connectivity index is 2.85. The molecule has 0 heterocycles. The summed E-state index contributed by atoms with van der Waals surface area (Å²) in [5, 5.41) is 0. The molecule has 0 aromatic heterocycles. The molecule has 0 saturated carbocycles. The molecule has 0 aliphatic carbocycles. The fourth-order valence-corrected chi connectivity index (χ4v) is 0. The van der Waals surface area contributed by atoms with Crippen LogP contribution in [-0.4, -0.2) is 13.3 Å². The average molecular weight is 109 g/mol. The van der Waals surface area contributed by atoms with Gasteiger partial charge in [-0.1, -0.05) is 9.64 Å². The minimum atomic E-state index is 0.0108. The van der Waals surface area contributed by atoms with Gasteiger partial charge in [-0.3, -0.25) is 4.72 Å². The summed E-state index contributed by atoms with van der Waals surface area (Å²) < 4.78 is 2.87. The minimum Gasteiger partial charge on any atom is -0.264 e. The van der Waals surface area contributed by atoms with Gasteiger partial charge >= 0.3 is 0 Å². The quantitative estimate of drug-likeness (QED) is 0.502. The fraction of sp³-hybridized carbons (Fsp3) is 1.00. The van der Waals surface area contributed by atoms with E-state index in [-0.39, 0.29) is 9.64 Å². The van der Waals surface area contributed by atoms with Crippen molar-refractivity contribution in [2.75, 3.05) is 13.3 Å². The maximum atomic E-state index is 4.70. The van der Waals surface area contributed by atoms with Crippen molar-refractivity contribution in [3.63, 3.8) is 0 Å². The van der Waals surface area contributed by atoms with Crippen molar-refractivity contribution in [1.29, 1.82) is 0 Å². The van der Waals surface area contributed by atoms with Gasteiger partial charge in [-0.25, -0.2) is 0 Å². The van der Waals surface area contributed by atoms with Crippen LogP contribution >= 0.6 is 0 Å². The fourth-order valence-electron chi connectivity index (χ4n) is 0. The second-order valence-electron chi connectivity index (χ2n) is 0.658. The van der Waals surface area contributed by atoms with E-state index in [0.717, 1.165) is 0 Å². The van der Waals surface area contributed by atoms with Gasteiger partial charge in [0.15, 0.2) is 0 Å². The summed E-state index contributed by atoms with van der Waals surface area (Å²) in [6.45, 7) is 0. The van der Waals surface area contributed by atoms with Crippen molar-refractivity contribution in [3.05, 3.63) is 0 Å². The molecule has 0 saturated heterocycles. The van der Waals surface area contributed by atoms with E-state index in [1.807, 2.05) is 13.3 Å². The summed E-state index contributed by atoms with van der Waals surface area (Å²) >= 11 is 4.70. The SMILES string of the molecule is CNS(C)=S. The Labute approximate surface area is 39.5 Å². The monoisotopic (exact) mass is 109 g/mol. The van der Waals surface area contributed by atoms with Crippen molar-refractivity contribution in [2.45, 2.75) is 0 Å². The lowest BCUT2D eigenvalue weighted by Crippen LogP contribution is -2.05. The molecule has 0 aliphatic rings. The summed E-state index contributed by atoms with van der Waals surface area (Å²) in [5.41, 5.74) is 0. The third kappa shape index (κ3) is 4.53. The van der Waals surface area contributed by atoms with Crippen molar-refractivity contribution in [3.8, 4) is 0 Å². The molecule has 3 heteroatoms. The summed E-state index contributed by atoms with van der Waals surface area (Å²) in [5.74, 6) is 0. The Hall–Kier alpha value is 0.530. The van der Waals surface area contributed by atoms with Crippen LogP contribution in [0.25, 0.3) is 0 Å². The van der Waals surface area contributed by atoms with Gasteiger partial charge in [0, 0.05) is 0 Å². The zero-order valence-electron chi connectivity index (χ0n) is 3.32. The molecular formula is C2H7NS2. The molecule has 0 bridgehead atoms. The van der Waals surface area contributed by atoms with Crippen molar-refractivity contribution in [1.82, 2.24) is 4.72 Å². The zero-order chi connectivity index (χ0) is 4.28. The lowest BCUT2D eigenvalue weighted by molar-refractivity contribution is 1.30. The van der Waals surface area contributed by atoms with E-state index >= 15 is 0 Å². The van der Waals surface area contributed by atoms with Gasteiger partial charge in [0.2, 0.25) is 0 Å². The first-order chi connectivity index (χ1) is 2.27. The molecule has 5 heavy (non-hydrogen) atoms. The highest BCUT2D eigenvalue weighted by atomic mass is 32.8. The topological polar surface area (TPSA) is 12.0 Å². The molecule has 0 aromatic rings. The maximum Gasteiger partial charge on any atom is -0.0000394 e. The standard InChI is InChI=1S/C2H7NS2/c1-3-5(2)4/h3H,1-2H3. The first kappa shape index (κ1) is 5.53. The molecule has 0 fully saturated rings. The predicted octanol–water partition coefficient (Wildman–Crippen LogP) is -0.169. The van der Waals surface area contributed by atoms with Gasteiger partial charge in [0.05, 0.1) is 0 Å². The van der Waals surface area contributed by atoms with Crippen molar-refractivity contribution < 1.29 is 0 Å². The van der Waals surface area contributed by atoms with Gasteiger partial charge in [-0.2, -0.15) is 0 Å². The van der Waals surface area contributed by atoms with E-state index in [2.05, 4.69) is 4.72 Å². The number of nitrogens with one attached hydrogen (secondary N) is 1. The largest absolute Gasteiger partial charge is 0.264 e. The first-order valence-corrected chi connectivity index (χ1v) is 3.84. The number of rotatable bonds is 1. The molecule has 1 unspecified atom stereocenters. The second kappa shape index (κ2) is 2.75. The highest BCUT2D eigenvalue weighted by molar-refractivity contribution is 8.27. The molecule has 1 atom stereocenters. The Kier molecular flexibility index (Phi) is 3.04. The normalized spacial score (nSPS) is 14.8. The lowest BCUT2D eigenvalue weighted by atomic mass is 11.6. The van der Waals surface area contributed by atoms with Gasteiger partial charge < -0.3 is 0 Å². The highest BCUT2D eigenvalue weighted by Gasteiger charge is 1.63. The second-order valence-corrected chi connectivity index (χ2v) is 3.47. The summed E-state index contributed by atoms with van der Waals surface area (Å²) in [6, 6.07) is 0. The molecule has 0 amide bonds. The van der Waals surface area contributed by atoms with E-state index in [1.165, 1.54) is 0 Å². The molecule has 1 nitrogen and oxygen atoms in total. The summed E-state index contributed by atoms with van der Waals surface area (Å²) in [4.78, 5) is 0. The van der Waals surface area contributed by atoms with Gasteiger partial charge in [0.1, 0.15) is 0 Å². The van der Waals surface area contributed by atoms with Crippen LogP contribution in [0.4, 0.5) is 0 Å². The molecular weight excluding hydrogens is 102 g/mol. The van der Waals surface area contributed by atoms with Crippen LogP contribution in [0.15, 0.2) is 0 Å². The highest BCUT2D eigenvalue weighted by Crippen LogP contribution is 1.52. The first-order valence-electron chi connectivity index (χ1n) is 1.28. The van der Waals surface area contributed by atoms with Crippen LogP contribution in [0.1, 0.15) is 0 Å². The zero-order valence-corrected chi connectivity index (χ0v) is 4.95. The van der Waals surface area contributed by atoms with E-state index < -0.39 is 0 Å². The van der Waals surface area contributed by atoms with Crippen LogP contribution in [0, 0.1) is 0 Å². The smallest absolute Gasteiger partial charge is 0.0000394 e. The van der Waals surface area contributed by atoms with Crippen molar-refractivity contribution in [2.24, 2.45) is 0 Å². The number of hydrogen-bond donors (Lipinski definition) is 1. The van der Waals surface area contributed by atoms with E-state index in [0.29, 0.717) is 0 Å². The Bertz CT molecular complexity index is 42.9.